The van der Waals surface area contributed by atoms with Gasteiger partial charge in [0.05, 0.1) is 23.2 Å². The molecule has 9 heteroatoms. The molecule has 1 aliphatic heterocycles. The van der Waals surface area contributed by atoms with Crippen molar-refractivity contribution in [2.45, 2.75) is 23.7 Å². The Bertz CT molecular complexity index is 933. The molecule has 1 heterocycles. The molecule has 0 spiro atoms. The van der Waals surface area contributed by atoms with Crippen molar-refractivity contribution in [3.63, 3.8) is 0 Å². The number of aliphatic imine (C=N–C) groups is 1. The lowest BCUT2D eigenvalue weighted by atomic mass is 10.1. The molecule has 28 heavy (non-hydrogen) atoms. The smallest absolute Gasteiger partial charge is 0.366 e. The lowest BCUT2D eigenvalue weighted by molar-refractivity contribution is -0.137. The number of halogens is 3. The quantitative estimate of drug-likeness (QED) is 0.548. The van der Waals surface area contributed by atoms with E-state index in [1.807, 2.05) is 18.9 Å². The third-order valence-electron chi connectivity index (χ3n) is 4.37. The highest BCUT2D eigenvalue weighted by Gasteiger charge is 2.38. The summed E-state index contributed by atoms with van der Waals surface area (Å²) in [6.45, 7) is 2.75. The summed E-state index contributed by atoms with van der Waals surface area (Å²) in [6, 6.07) is 9.61. The Morgan fingerprint density at radius 3 is 2.68 bits per heavy atom. The lowest BCUT2D eigenvalue weighted by Gasteiger charge is -2.30. The molecule has 2 N–H and O–H groups in total. The lowest BCUT2D eigenvalue weighted by Crippen LogP contribution is -2.20. The number of hydrogen-bond acceptors (Lipinski definition) is 3. The standard InChI is InChI=1S/C19H20F3N3O2S/c1-3-25(2)12-23-15-7-8-17-16(10-15)18(26)24-28(17,27)11-13-5-4-6-14(9-13)19(20,21)22/h4-10,12,27H,3,11H2,1-2H3,(H,24,26). The maximum Gasteiger partial charge on any atom is 0.416 e. The molecule has 0 saturated carbocycles. The van der Waals surface area contributed by atoms with Crippen molar-refractivity contribution in [3.05, 3.63) is 59.2 Å². The summed E-state index contributed by atoms with van der Waals surface area (Å²) >= 11 is 0. The molecule has 2 aromatic rings. The molecular formula is C19H20F3N3O2S. The monoisotopic (exact) mass is 411 g/mol. The Morgan fingerprint density at radius 1 is 1.25 bits per heavy atom. The molecule has 1 unspecified atom stereocenters. The SMILES string of the molecule is CCN(C)C=Nc1ccc2c(c1)C(=O)NS2(O)Cc1cccc(C(F)(F)F)c1. The Morgan fingerprint density at radius 2 is 2.00 bits per heavy atom. The number of fused-ring (bicyclic) bond motifs is 1. The van der Waals surface area contributed by atoms with Crippen LogP contribution in [0, 0.1) is 0 Å². The number of nitrogens with one attached hydrogen (secondary N) is 1. The molecule has 1 atom stereocenters. The number of benzene rings is 2. The fourth-order valence-electron chi connectivity index (χ4n) is 2.77. The maximum atomic E-state index is 12.9. The van der Waals surface area contributed by atoms with Gasteiger partial charge in [-0.25, -0.2) is 4.99 Å². The van der Waals surface area contributed by atoms with E-state index in [2.05, 4.69) is 9.71 Å². The third-order valence-corrected chi connectivity index (χ3v) is 6.72. The van der Waals surface area contributed by atoms with Gasteiger partial charge in [-0.3, -0.25) is 9.52 Å². The molecule has 0 aliphatic carbocycles. The minimum absolute atomic E-state index is 0.100. The van der Waals surface area contributed by atoms with Crippen molar-refractivity contribution in [2.75, 3.05) is 13.6 Å². The van der Waals surface area contributed by atoms with Gasteiger partial charge in [-0.15, -0.1) is 0 Å². The van der Waals surface area contributed by atoms with Crippen LogP contribution in [0.2, 0.25) is 0 Å². The maximum absolute atomic E-state index is 12.9. The summed E-state index contributed by atoms with van der Waals surface area (Å²) in [5.74, 6) is -0.558. The molecule has 1 aliphatic rings. The first-order chi connectivity index (χ1) is 13.1. The second-order valence-corrected chi connectivity index (χ2v) is 8.81. The summed E-state index contributed by atoms with van der Waals surface area (Å²) < 4.78 is 52.4. The van der Waals surface area contributed by atoms with E-state index in [1.54, 1.807) is 24.5 Å². The van der Waals surface area contributed by atoms with Crippen molar-refractivity contribution in [1.82, 2.24) is 9.62 Å². The average Bonchev–Trinajstić information content (AvgIpc) is 2.89. The molecule has 0 radical (unpaired) electrons. The second kappa shape index (κ2) is 7.48. The molecule has 2 aromatic carbocycles. The second-order valence-electron chi connectivity index (χ2n) is 6.47. The van der Waals surface area contributed by atoms with Gasteiger partial charge in [-0.1, -0.05) is 18.2 Å². The highest BCUT2D eigenvalue weighted by Crippen LogP contribution is 2.57. The van der Waals surface area contributed by atoms with Gasteiger partial charge in [0.1, 0.15) is 0 Å². The normalized spacial score (nSPS) is 21.3. The van der Waals surface area contributed by atoms with E-state index in [0.717, 1.165) is 18.7 Å². The van der Waals surface area contributed by atoms with Gasteiger partial charge < -0.3 is 9.45 Å². The number of hydrogen-bond donors (Lipinski definition) is 2. The zero-order chi connectivity index (χ0) is 20.5. The number of amides is 1. The number of nitrogens with zero attached hydrogens (tertiary/aromatic N) is 2. The van der Waals surface area contributed by atoms with Gasteiger partial charge in [0.2, 0.25) is 0 Å². The van der Waals surface area contributed by atoms with E-state index in [1.165, 1.54) is 12.1 Å². The Labute approximate surface area is 162 Å². The van der Waals surface area contributed by atoms with Crippen LogP contribution in [0.25, 0.3) is 0 Å². The Kier molecular flexibility index (Phi) is 5.40. The predicted octanol–water partition coefficient (Wildman–Crippen LogP) is 4.81. The summed E-state index contributed by atoms with van der Waals surface area (Å²) in [4.78, 5) is 18.9. The first kappa shape index (κ1) is 20.2. The number of rotatable bonds is 5. The van der Waals surface area contributed by atoms with Gasteiger partial charge in [0.25, 0.3) is 5.91 Å². The van der Waals surface area contributed by atoms with E-state index in [-0.39, 0.29) is 5.75 Å². The van der Waals surface area contributed by atoms with E-state index in [4.69, 9.17) is 0 Å². The molecule has 0 fully saturated rings. The van der Waals surface area contributed by atoms with E-state index in [0.29, 0.717) is 21.7 Å². The molecule has 150 valence electrons. The fourth-order valence-corrected chi connectivity index (χ4v) is 5.00. The van der Waals surface area contributed by atoms with Crippen molar-refractivity contribution in [2.24, 2.45) is 4.99 Å². The van der Waals surface area contributed by atoms with Crippen molar-refractivity contribution in [1.29, 1.82) is 0 Å². The van der Waals surface area contributed by atoms with Crippen LogP contribution in [0.3, 0.4) is 0 Å². The molecular weight excluding hydrogens is 391 g/mol. The molecule has 1 amide bonds. The molecule has 0 saturated heterocycles. The first-order valence-corrected chi connectivity index (χ1v) is 10.3. The third kappa shape index (κ3) is 4.15. The Balaban J connectivity index is 1.90. The molecule has 0 aromatic heterocycles. The number of alkyl halides is 3. The van der Waals surface area contributed by atoms with Crippen LogP contribution in [-0.4, -0.2) is 35.3 Å². The summed E-state index contributed by atoms with van der Waals surface area (Å²) in [7, 11) is -0.947. The van der Waals surface area contributed by atoms with E-state index in [9.17, 15) is 22.5 Å². The van der Waals surface area contributed by atoms with E-state index >= 15 is 0 Å². The molecule has 5 nitrogen and oxygen atoms in total. The Hall–Kier alpha value is -2.52. The van der Waals surface area contributed by atoms with Crippen LogP contribution in [0.5, 0.6) is 0 Å². The summed E-state index contributed by atoms with van der Waals surface area (Å²) in [5, 5.41) is 0. The van der Waals surface area contributed by atoms with Crippen LogP contribution in [-0.2, 0) is 11.9 Å². The largest absolute Gasteiger partial charge is 0.416 e. The topological polar surface area (TPSA) is 64.9 Å². The highest BCUT2D eigenvalue weighted by atomic mass is 32.3. The summed E-state index contributed by atoms with van der Waals surface area (Å²) in [6.07, 6.45) is -2.83. The van der Waals surface area contributed by atoms with E-state index < -0.39 is 28.1 Å². The van der Waals surface area contributed by atoms with Gasteiger partial charge in [-0.05, 0) is 47.2 Å². The van der Waals surface area contributed by atoms with Crippen LogP contribution >= 0.6 is 10.5 Å². The molecule has 3 rings (SSSR count). The fraction of sp³-hybridized carbons (Fsp3) is 0.263. The van der Waals surface area contributed by atoms with Crippen molar-refractivity contribution in [3.8, 4) is 0 Å². The van der Waals surface area contributed by atoms with Gasteiger partial charge in [0, 0.05) is 24.2 Å². The molecule has 0 bridgehead atoms. The highest BCUT2D eigenvalue weighted by molar-refractivity contribution is 8.27. The van der Waals surface area contributed by atoms with Crippen LogP contribution in [0.15, 0.2) is 52.4 Å². The average molecular weight is 411 g/mol. The van der Waals surface area contributed by atoms with Crippen LogP contribution in [0.1, 0.15) is 28.4 Å². The number of carbonyl (C=O) groups is 1. The minimum Gasteiger partial charge on any atom is -0.366 e. The van der Waals surface area contributed by atoms with Gasteiger partial charge in [0.15, 0.2) is 0 Å². The minimum atomic E-state index is -4.47. The zero-order valence-corrected chi connectivity index (χ0v) is 16.1. The van der Waals surface area contributed by atoms with Crippen LogP contribution < -0.4 is 4.72 Å². The van der Waals surface area contributed by atoms with Gasteiger partial charge in [-0.2, -0.15) is 13.2 Å². The first-order valence-electron chi connectivity index (χ1n) is 8.52. The predicted molar refractivity (Wildman–Crippen MR) is 104 cm³/mol. The number of carbonyl (C=O) groups excluding carboxylic acids is 1. The zero-order valence-electron chi connectivity index (χ0n) is 15.3. The van der Waals surface area contributed by atoms with Gasteiger partial charge >= 0.3 is 6.18 Å². The summed E-state index contributed by atoms with van der Waals surface area (Å²) in [5.41, 5.74) is 0.351. The van der Waals surface area contributed by atoms with Crippen molar-refractivity contribution < 1.29 is 22.5 Å². The van der Waals surface area contributed by atoms with Crippen LogP contribution in [0.4, 0.5) is 18.9 Å². The van der Waals surface area contributed by atoms with Crippen molar-refractivity contribution >= 4 is 28.4 Å².